The second kappa shape index (κ2) is 4.13. The molecule has 5 nitrogen and oxygen atoms in total. The number of hydrogen-bond donors (Lipinski definition) is 1. The van der Waals surface area contributed by atoms with E-state index in [9.17, 15) is 9.59 Å². The first-order valence-corrected chi connectivity index (χ1v) is 7.15. The third kappa shape index (κ3) is 1.66. The number of amides is 2. The van der Waals surface area contributed by atoms with Crippen LogP contribution in [0, 0.1) is 0 Å². The summed E-state index contributed by atoms with van der Waals surface area (Å²) < 4.78 is 0.934. The molecule has 0 radical (unpaired) electrons. The van der Waals surface area contributed by atoms with Gasteiger partial charge in [-0.1, -0.05) is 0 Å². The largest absolute Gasteiger partial charge is 0.399 e. The fourth-order valence-corrected chi connectivity index (χ4v) is 3.19. The number of nitrogen functional groups attached to an aromatic ring is 1. The predicted molar refractivity (Wildman–Crippen MR) is 81.6 cm³/mol. The van der Waals surface area contributed by atoms with Crippen molar-refractivity contribution in [1.82, 2.24) is 4.98 Å². The summed E-state index contributed by atoms with van der Waals surface area (Å²) in [6.45, 7) is 0. The van der Waals surface area contributed by atoms with Crippen molar-refractivity contribution in [3.8, 4) is 0 Å². The number of thiazole rings is 1. The van der Waals surface area contributed by atoms with Gasteiger partial charge in [0.05, 0.1) is 32.5 Å². The van der Waals surface area contributed by atoms with E-state index < -0.39 is 0 Å². The van der Waals surface area contributed by atoms with Gasteiger partial charge < -0.3 is 5.73 Å². The molecule has 0 aliphatic carbocycles. The highest BCUT2D eigenvalue weighted by Crippen LogP contribution is 2.32. The number of nitrogens with two attached hydrogens (primary N) is 1. The van der Waals surface area contributed by atoms with Gasteiger partial charge in [0.2, 0.25) is 0 Å². The number of imide groups is 1. The van der Waals surface area contributed by atoms with Gasteiger partial charge in [0.25, 0.3) is 11.8 Å². The lowest BCUT2D eigenvalue weighted by Crippen LogP contribution is -2.29. The molecule has 1 aromatic heterocycles. The number of aromatic nitrogens is 1. The lowest BCUT2D eigenvalue weighted by atomic mass is 10.1. The molecule has 1 aliphatic rings. The number of carbonyl (C=O) groups is 2. The third-order valence-corrected chi connectivity index (χ3v) is 4.28. The van der Waals surface area contributed by atoms with E-state index in [1.54, 1.807) is 41.9 Å². The highest BCUT2D eigenvalue weighted by molar-refractivity contribution is 7.16. The van der Waals surface area contributed by atoms with E-state index in [0.717, 1.165) is 10.2 Å². The first-order valence-electron chi connectivity index (χ1n) is 6.27. The Labute approximate surface area is 123 Å². The van der Waals surface area contributed by atoms with Gasteiger partial charge in [-0.25, -0.2) is 9.88 Å². The van der Waals surface area contributed by atoms with Crippen molar-refractivity contribution in [3.63, 3.8) is 0 Å². The van der Waals surface area contributed by atoms with Crippen LogP contribution < -0.4 is 10.6 Å². The van der Waals surface area contributed by atoms with Crippen LogP contribution in [0.15, 0.2) is 41.9 Å². The van der Waals surface area contributed by atoms with Crippen LogP contribution in [0.2, 0.25) is 0 Å². The molecular formula is C15H9N3O2S. The molecule has 1 aliphatic heterocycles. The molecule has 2 aromatic carbocycles. The first-order chi connectivity index (χ1) is 10.1. The van der Waals surface area contributed by atoms with Crippen molar-refractivity contribution < 1.29 is 9.59 Å². The lowest BCUT2D eigenvalue weighted by molar-refractivity contribution is 0.0926. The fraction of sp³-hybridized carbons (Fsp3) is 0. The molecule has 4 rings (SSSR count). The predicted octanol–water partition coefficient (Wildman–Crippen LogP) is 2.68. The summed E-state index contributed by atoms with van der Waals surface area (Å²) in [6, 6.07) is 10.1. The Kier molecular flexibility index (Phi) is 2.37. The smallest absolute Gasteiger partial charge is 0.266 e. The van der Waals surface area contributed by atoms with Gasteiger partial charge in [-0.15, -0.1) is 11.3 Å². The molecule has 0 saturated heterocycles. The molecule has 0 unspecified atom stereocenters. The van der Waals surface area contributed by atoms with E-state index in [0.29, 0.717) is 22.5 Å². The van der Waals surface area contributed by atoms with Crippen molar-refractivity contribution in [2.75, 3.05) is 10.6 Å². The Morgan fingerprint density at radius 3 is 2.67 bits per heavy atom. The number of carbonyl (C=O) groups excluding carboxylic acids is 2. The maximum Gasteiger partial charge on any atom is 0.266 e. The SMILES string of the molecule is Nc1ccc2c(c1)C(=O)N(c1ccc3ncsc3c1)C2=O. The average Bonchev–Trinajstić information content (AvgIpc) is 3.02. The summed E-state index contributed by atoms with van der Waals surface area (Å²) in [7, 11) is 0. The Balaban J connectivity index is 1.86. The summed E-state index contributed by atoms with van der Waals surface area (Å²) in [5, 5.41) is 0. The lowest BCUT2D eigenvalue weighted by Gasteiger charge is -2.13. The van der Waals surface area contributed by atoms with Crippen LogP contribution >= 0.6 is 11.3 Å². The Morgan fingerprint density at radius 2 is 1.81 bits per heavy atom. The highest BCUT2D eigenvalue weighted by atomic mass is 32.1. The number of nitrogens with zero attached hydrogens (tertiary/aromatic N) is 2. The van der Waals surface area contributed by atoms with Gasteiger partial charge in [-0.2, -0.15) is 0 Å². The zero-order chi connectivity index (χ0) is 14.6. The maximum absolute atomic E-state index is 12.5. The van der Waals surface area contributed by atoms with Crippen molar-refractivity contribution in [3.05, 3.63) is 53.0 Å². The van der Waals surface area contributed by atoms with Gasteiger partial charge >= 0.3 is 0 Å². The molecule has 102 valence electrons. The Morgan fingerprint density at radius 1 is 1.00 bits per heavy atom. The first kappa shape index (κ1) is 12.0. The minimum absolute atomic E-state index is 0.320. The van der Waals surface area contributed by atoms with Crippen molar-refractivity contribution in [2.45, 2.75) is 0 Å². The van der Waals surface area contributed by atoms with E-state index in [-0.39, 0.29) is 11.8 Å². The van der Waals surface area contributed by atoms with E-state index in [1.807, 2.05) is 0 Å². The molecular weight excluding hydrogens is 286 g/mol. The van der Waals surface area contributed by atoms with Crippen LogP contribution in [-0.2, 0) is 0 Å². The van der Waals surface area contributed by atoms with Crippen molar-refractivity contribution >= 4 is 44.7 Å². The second-order valence-electron chi connectivity index (χ2n) is 4.76. The molecule has 0 bridgehead atoms. The van der Waals surface area contributed by atoms with Crippen LogP contribution in [0.25, 0.3) is 10.2 Å². The second-order valence-corrected chi connectivity index (χ2v) is 5.64. The zero-order valence-electron chi connectivity index (χ0n) is 10.7. The van der Waals surface area contributed by atoms with Crippen LogP contribution in [0.5, 0.6) is 0 Å². The van der Waals surface area contributed by atoms with Gasteiger partial charge in [-0.3, -0.25) is 9.59 Å². The van der Waals surface area contributed by atoms with E-state index in [2.05, 4.69) is 4.98 Å². The highest BCUT2D eigenvalue weighted by Gasteiger charge is 2.36. The number of hydrogen-bond acceptors (Lipinski definition) is 5. The molecule has 2 N–H and O–H groups in total. The van der Waals surface area contributed by atoms with E-state index in [1.165, 1.54) is 16.2 Å². The topological polar surface area (TPSA) is 76.3 Å². The van der Waals surface area contributed by atoms with Crippen molar-refractivity contribution in [1.29, 1.82) is 0 Å². The Bertz CT molecular complexity index is 916. The maximum atomic E-state index is 12.5. The quantitative estimate of drug-likeness (QED) is 0.553. The van der Waals surface area contributed by atoms with Crippen LogP contribution in [0.3, 0.4) is 0 Å². The normalized spacial score (nSPS) is 14.0. The average molecular weight is 295 g/mol. The third-order valence-electron chi connectivity index (χ3n) is 3.48. The Hall–Kier alpha value is -2.73. The van der Waals surface area contributed by atoms with Gasteiger partial charge in [-0.05, 0) is 36.4 Å². The van der Waals surface area contributed by atoms with Crippen LogP contribution in [0.1, 0.15) is 20.7 Å². The van der Waals surface area contributed by atoms with Crippen molar-refractivity contribution in [2.24, 2.45) is 0 Å². The summed E-state index contributed by atoms with van der Waals surface area (Å²) >= 11 is 1.47. The molecule has 3 aromatic rings. The fourth-order valence-electron chi connectivity index (χ4n) is 2.48. The molecule has 2 amide bonds. The monoisotopic (exact) mass is 295 g/mol. The molecule has 6 heteroatoms. The number of benzene rings is 2. The van der Waals surface area contributed by atoms with Gasteiger partial charge in [0, 0.05) is 5.69 Å². The number of rotatable bonds is 1. The molecule has 0 spiro atoms. The minimum Gasteiger partial charge on any atom is -0.399 e. The number of fused-ring (bicyclic) bond motifs is 2. The molecule has 0 saturated carbocycles. The summed E-state index contributed by atoms with van der Waals surface area (Å²) in [5.41, 5.74) is 10.0. The molecule has 21 heavy (non-hydrogen) atoms. The van der Waals surface area contributed by atoms with E-state index >= 15 is 0 Å². The van der Waals surface area contributed by atoms with Crippen LogP contribution in [0.4, 0.5) is 11.4 Å². The summed E-state index contributed by atoms with van der Waals surface area (Å²) in [6.07, 6.45) is 0. The summed E-state index contributed by atoms with van der Waals surface area (Å²) in [5.74, 6) is -0.662. The van der Waals surface area contributed by atoms with Crippen LogP contribution in [-0.4, -0.2) is 16.8 Å². The minimum atomic E-state index is -0.342. The van der Waals surface area contributed by atoms with E-state index in [4.69, 9.17) is 5.73 Å². The standard InChI is InChI=1S/C15H9N3O2S/c16-8-1-3-10-11(5-8)15(20)18(14(10)19)9-2-4-12-13(6-9)21-7-17-12/h1-7H,16H2. The zero-order valence-corrected chi connectivity index (χ0v) is 11.6. The van der Waals surface area contributed by atoms with Gasteiger partial charge in [0.1, 0.15) is 0 Å². The molecule has 0 fully saturated rings. The summed E-state index contributed by atoms with van der Waals surface area (Å²) in [4.78, 5) is 30.3. The molecule has 0 atom stereocenters. The molecule has 2 heterocycles. The van der Waals surface area contributed by atoms with Gasteiger partial charge in [0.15, 0.2) is 0 Å². The number of anilines is 2.